The summed E-state index contributed by atoms with van der Waals surface area (Å²) in [7, 11) is 4.60. The molecule has 0 N–H and O–H groups in total. The third-order valence-electron chi connectivity index (χ3n) is 1.21. The summed E-state index contributed by atoms with van der Waals surface area (Å²) in [4.78, 5) is 2.29. The monoisotopic (exact) mass is 131 g/mol. The summed E-state index contributed by atoms with van der Waals surface area (Å²) in [5.74, 6) is 0. The Balaban J connectivity index is 2.72. The third kappa shape index (κ3) is 6.18. The van der Waals surface area contributed by atoms with E-state index in [9.17, 15) is 0 Å². The van der Waals surface area contributed by atoms with Crippen molar-refractivity contribution < 1.29 is 0 Å². The van der Waals surface area contributed by atoms with E-state index in [0.717, 1.165) is 0 Å². The first-order valence-electron chi connectivity index (χ1n) is 3.42. The van der Waals surface area contributed by atoms with E-state index in [1.807, 2.05) is 0 Å². The zero-order valence-electron chi connectivity index (χ0n) is 6.28. The first kappa shape index (κ1) is 8.18. The second kappa shape index (κ2) is 5.32. The predicted molar refractivity (Wildman–Crippen MR) is 42.2 cm³/mol. The molecule has 0 aromatic rings. The molecule has 0 bridgehead atoms. The van der Waals surface area contributed by atoms with Gasteiger partial charge in [0.2, 0.25) is 0 Å². The van der Waals surface area contributed by atoms with Crippen molar-refractivity contribution in [1.82, 2.24) is 4.90 Å². The fourth-order valence-corrected chi connectivity index (χ4v) is 2.03. The number of hydrogen-bond donors (Lipinski definition) is 0. The molecule has 0 fully saturated rings. The Kier molecular flexibility index (Phi) is 5.43. The Morgan fingerprint density at radius 3 is 2.38 bits per heavy atom. The molecule has 0 radical (unpaired) electrons. The Labute approximate surface area is 54.9 Å². The van der Waals surface area contributed by atoms with Crippen LogP contribution < -0.4 is 0 Å². The Bertz CT molecular complexity index is 45.8. The fraction of sp³-hybridized carbons (Fsp3) is 1.00. The van der Waals surface area contributed by atoms with Crippen LogP contribution in [0.25, 0.3) is 0 Å². The topological polar surface area (TPSA) is 3.24 Å². The van der Waals surface area contributed by atoms with Crippen molar-refractivity contribution in [2.75, 3.05) is 20.3 Å². The second-order valence-electron chi connectivity index (χ2n) is 2.51. The quantitative estimate of drug-likeness (QED) is 0.397. The Morgan fingerprint density at radius 2 is 2.00 bits per heavy atom. The normalized spacial score (nSPS) is 12.0. The van der Waals surface area contributed by atoms with Gasteiger partial charge >= 0.3 is 0 Å². The van der Waals surface area contributed by atoms with Gasteiger partial charge < -0.3 is 4.90 Å². The standard InChI is InChI=1S/C6H17NSi/c1-4-5-8-6-7(2)3/h4-6,8H2,1-3H3. The van der Waals surface area contributed by atoms with Crippen LogP contribution in [0.5, 0.6) is 0 Å². The van der Waals surface area contributed by atoms with Gasteiger partial charge in [-0.05, 0) is 20.3 Å². The maximum absolute atomic E-state index is 2.29. The van der Waals surface area contributed by atoms with Gasteiger partial charge in [-0.25, -0.2) is 0 Å². The first-order chi connectivity index (χ1) is 3.77. The van der Waals surface area contributed by atoms with Crippen LogP contribution in [0, 0.1) is 0 Å². The average Bonchev–Trinajstić information content (AvgIpc) is 1.66. The van der Waals surface area contributed by atoms with Crippen LogP contribution in [0.15, 0.2) is 0 Å². The summed E-state index contributed by atoms with van der Waals surface area (Å²) in [6.45, 7) is 2.27. The van der Waals surface area contributed by atoms with Crippen molar-refractivity contribution in [2.24, 2.45) is 0 Å². The highest BCUT2D eigenvalue weighted by Crippen LogP contribution is 1.84. The molecule has 0 unspecified atom stereocenters. The maximum Gasteiger partial charge on any atom is 0.0368 e. The predicted octanol–water partition coefficient (Wildman–Crippen LogP) is 0.503. The van der Waals surface area contributed by atoms with E-state index < -0.39 is 0 Å². The molecule has 0 atom stereocenters. The molecule has 0 aliphatic carbocycles. The summed E-state index contributed by atoms with van der Waals surface area (Å²) in [6, 6.07) is 1.51. The number of rotatable bonds is 4. The molecular weight excluding hydrogens is 114 g/mol. The molecule has 0 heterocycles. The minimum Gasteiger partial charge on any atom is -0.313 e. The molecule has 0 aliphatic rings. The molecule has 0 aromatic heterocycles. The molecule has 0 aliphatic heterocycles. The van der Waals surface area contributed by atoms with E-state index in [2.05, 4.69) is 25.9 Å². The fourth-order valence-electron chi connectivity index (χ4n) is 0.678. The molecule has 0 spiro atoms. The lowest BCUT2D eigenvalue weighted by molar-refractivity contribution is 0.477. The van der Waals surface area contributed by atoms with Crippen molar-refractivity contribution in [2.45, 2.75) is 19.4 Å². The summed E-state index contributed by atoms with van der Waals surface area (Å²) in [5, 5.41) is 0. The van der Waals surface area contributed by atoms with Crippen molar-refractivity contribution >= 4 is 9.52 Å². The van der Waals surface area contributed by atoms with Gasteiger partial charge in [0.15, 0.2) is 0 Å². The van der Waals surface area contributed by atoms with Crippen LogP contribution in [0.1, 0.15) is 13.3 Å². The number of hydrogen-bond acceptors (Lipinski definition) is 1. The van der Waals surface area contributed by atoms with E-state index >= 15 is 0 Å². The van der Waals surface area contributed by atoms with Gasteiger partial charge in [0, 0.05) is 9.52 Å². The SMILES string of the molecule is CCC[SiH2]CN(C)C. The molecule has 8 heavy (non-hydrogen) atoms. The summed E-state index contributed by atoms with van der Waals surface area (Å²) >= 11 is 0. The summed E-state index contributed by atoms with van der Waals surface area (Å²) in [5.41, 5.74) is 0. The van der Waals surface area contributed by atoms with Gasteiger partial charge in [-0.1, -0.05) is 19.4 Å². The minimum atomic E-state index is 0.290. The molecule has 0 aromatic carbocycles. The van der Waals surface area contributed by atoms with Crippen molar-refractivity contribution in [3.63, 3.8) is 0 Å². The highest BCUT2D eigenvalue weighted by molar-refractivity contribution is 6.35. The van der Waals surface area contributed by atoms with Crippen molar-refractivity contribution in [3.05, 3.63) is 0 Å². The average molecular weight is 131 g/mol. The van der Waals surface area contributed by atoms with Crippen LogP contribution >= 0.6 is 0 Å². The largest absolute Gasteiger partial charge is 0.313 e. The highest BCUT2D eigenvalue weighted by Gasteiger charge is 1.87. The zero-order chi connectivity index (χ0) is 6.41. The van der Waals surface area contributed by atoms with E-state index in [-0.39, 0.29) is 9.52 Å². The Morgan fingerprint density at radius 1 is 1.38 bits per heavy atom. The van der Waals surface area contributed by atoms with Crippen LogP contribution in [0.4, 0.5) is 0 Å². The van der Waals surface area contributed by atoms with Gasteiger partial charge in [-0.2, -0.15) is 0 Å². The van der Waals surface area contributed by atoms with Gasteiger partial charge in [0.25, 0.3) is 0 Å². The van der Waals surface area contributed by atoms with Gasteiger partial charge in [-0.3, -0.25) is 0 Å². The van der Waals surface area contributed by atoms with E-state index in [4.69, 9.17) is 0 Å². The molecule has 1 nitrogen and oxygen atoms in total. The van der Waals surface area contributed by atoms with Crippen LogP contribution in [0.2, 0.25) is 6.04 Å². The third-order valence-corrected chi connectivity index (χ3v) is 3.63. The maximum atomic E-state index is 2.29. The molecule has 0 saturated carbocycles. The van der Waals surface area contributed by atoms with Crippen LogP contribution in [-0.4, -0.2) is 34.7 Å². The van der Waals surface area contributed by atoms with Crippen LogP contribution in [0.3, 0.4) is 0 Å². The lowest BCUT2D eigenvalue weighted by Gasteiger charge is -2.06. The van der Waals surface area contributed by atoms with Crippen LogP contribution in [-0.2, 0) is 0 Å². The molecule has 0 rings (SSSR count). The second-order valence-corrected chi connectivity index (χ2v) is 4.37. The van der Waals surface area contributed by atoms with Gasteiger partial charge in [-0.15, -0.1) is 0 Å². The van der Waals surface area contributed by atoms with Gasteiger partial charge in [0.05, 0.1) is 0 Å². The zero-order valence-corrected chi connectivity index (χ0v) is 7.69. The molecule has 50 valence electrons. The first-order valence-corrected chi connectivity index (χ1v) is 5.42. The highest BCUT2D eigenvalue weighted by atomic mass is 28.2. The molecule has 0 saturated heterocycles. The molecular formula is C6H17NSi. The molecule has 0 amide bonds. The Hall–Kier alpha value is 0.177. The van der Waals surface area contributed by atoms with E-state index in [1.54, 1.807) is 0 Å². The van der Waals surface area contributed by atoms with Gasteiger partial charge in [0.1, 0.15) is 0 Å². The van der Waals surface area contributed by atoms with E-state index in [0.29, 0.717) is 0 Å². The lowest BCUT2D eigenvalue weighted by atomic mass is 10.6. The van der Waals surface area contributed by atoms with Crippen molar-refractivity contribution in [1.29, 1.82) is 0 Å². The van der Waals surface area contributed by atoms with E-state index in [1.165, 1.54) is 18.6 Å². The minimum absolute atomic E-state index is 0.290. The summed E-state index contributed by atoms with van der Waals surface area (Å²) in [6.07, 6.45) is 2.77. The molecule has 2 heteroatoms. The summed E-state index contributed by atoms with van der Waals surface area (Å²) < 4.78 is 0. The van der Waals surface area contributed by atoms with Crippen molar-refractivity contribution in [3.8, 4) is 0 Å². The smallest absolute Gasteiger partial charge is 0.0368 e. The number of nitrogens with zero attached hydrogens (tertiary/aromatic N) is 1. The lowest BCUT2D eigenvalue weighted by Crippen LogP contribution is -2.18.